The highest BCUT2D eigenvalue weighted by molar-refractivity contribution is 5.93. The Balaban J connectivity index is 1.90. The lowest BCUT2D eigenvalue weighted by Gasteiger charge is -2.11. The molecule has 0 atom stereocenters. The van der Waals surface area contributed by atoms with Gasteiger partial charge in [-0.15, -0.1) is 0 Å². The standard InChI is InChI=1S/C16H17FN2O2/c1-21-11-12-4-2-3-5-15(12)18-10-16(20)19-14-8-6-13(17)7-9-14/h2-9,18H,10-11H2,1H3,(H,19,20). The molecule has 5 heteroatoms. The summed E-state index contributed by atoms with van der Waals surface area (Å²) in [4.78, 5) is 11.8. The number of halogens is 1. The molecule has 0 aromatic heterocycles. The number of carbonyl (C=O) groups is 1. The van der Waals surface area contributed by atoms with E-state index in [1.807, 2.05) is 24.3 Å². The largest absolute Gasteiger partial charge is 0.380 e. The first-order valence-corrected chi connectivity index (χ1v) is 6.55. The number of amides is 1. The predicted molar refractivity (Wildman–Crippen MR) is 80.7 cm³/mol. The number of anilines is 2. The van der Waals surface area contributed by atoms with Crippen LogP contribution in [-0.2, 0) is 16.1 Å². The molecule has 0 aliphatic heterocycles. The van der Waals surface area contributed by atoms with Crippen LogP contribution in [0.3, 0.4) is 0 Å². The quantitative estimate of drug-likeness (QED) is 0.859. The van der Waals surface area contributed by atoms with Gasteiger partial charge in [0.2, 0.25) is 5.91 Å². The maximum Gasteiger partial charge on any atom is 0.243 e. The lowest BCUT2D eigenvalue weighted by Crippen LogP contribution is -2.22. The van der Waals surface area contributed by atoms with Crippen molar-refractivity contribution < 1.29 is 13.9 Å². The highest BCUT2D eigenvalue weighted by Gasteiger charge is 2.05. The van der Waals surface area contributed by atoms with Crippen molar-refractivity contribution in [2.24, 2.45) is 0 Å². The maximum atomic E-state index is 12.8. The van der Waals surface area contributed by atoms with Gasteiger partial charge in [-0.05, 0) is 30.3 Å². The number of carbonyl (C=O) groups excluding carboxylic acids is 1. The fourth-order valence-corrected chi connectivity index (χ4v) is 1.89. The summed E-state index contributed by atoms with van der Waals surface area (Å²) in [5, 5.41) is 5.75. The number of hydrogen-bond acceptors (Lipinski definition) is 3. The number of para-hydroxylation sites is 1. The molecule has 21 heavy (non-hydrogen) atoms. The van der Waals surface area contributed by atoms with Crippen molar-refractivity contribution in [1.29, 1.82) is 0 Å². The molecule has 110 valence electrons. The Hall–Kier alpha value is -2.40. The summed E-state index contributed by atoms with van der Waals surface area (Å²) in [5.74, 6) is -0.534. The first-order valence-electron chi connectivity index (χ1n) is 6.55. The van der Waals surface area contributed by atoms with Crippen molar-refractivity contribution in [1.82, 2.24) is 0 Å². The summed E-state index contributed by atoms with van der Waals surface area (Å²) in [6, 6.07) is 13.3. The van der Waals surface area contributed by atoms with Gasteiger partial charge in [0.1, 0.15) is 5.82 Å². The number of benzene rings is 2. The van der Waals surface area contributed by atoms with Gasteiger partial charge in [0.25, 0.3) is 0 Å². The molecule has 0 heterocycles. The van der Waals surface area contributed by atoms with E-state index >= 15 is 0 Å². The third-order valence-corrected chi connectivity index (χ3v) is 2.88. The number of rotatable bonds is 6. The maximum absolute atomic E-state index is 12.8. The molecule has 4 nitrogen and oxygen atoms in total. The lowest BCUT2D eigenvalue weighted by atomic mass is 10.2. The van der Waals surface area contributed by atoms with Gasteiger partial charge < -0.3 is 15.4 Å². The van der Waals surface area contributed by atoms with E-state index in [-0.39, 0.29) is 18.3 Å². The molecular formula is C16H17FN2O2. The zero-order valence-corrected chi connectivity index (χ0v) is 11.7. The summed E-state index contributed by atoms with van der Waals surface area (Å²) in [5.41, 5.74) is 2.40. The molecule has 0 spiro atoms. The van der Waals surface area contributed by atoms with E-state index in [9.17, 15) is 9.18 Å². The monoisotopic (exact) mass is 288 g/mol. The second-order valence-electron chi connectivity index (χ2n) is 4.50. The summed E-state index contributed by atoms with van der Waals surface area (Å²) in [6.07, 6.45) is 0. The molecule has 2 N–H and O–H groups in total. The zero-order valence-electron chi connectivity index (χ0n) is 11.7. The second kappa shape index (κ2) is 7.40. The van der Waals surface area contributed by atoms with Crippen LogP contribution in [0.15, 0.2) is 48.5 Å². The van der Waals surface area contributed by atoms with Gasteiger partial charge in [0, 0.05) is 24.0 Å². The van der Waals surface area contributed by atoms with Crippen LogP contribution >= 0.6 is 0 Å². The van der Waals surface area contributed by atoms with Crippen LogP contribution in [0.2, 0.25) is 0 Å². The van der Waals surface area contributed by atoms with Crippen LogP contribution in [0.1, 0.15) is 5.56 Å². The van der Waals surface area contributed by atoms with Crippen LogP contribution in [0.4, 0.5) is 15.8 Å². The lowest BCUT2D eigenvalue weighted by molar-refractivity contribution is -0.114. The number of nitrogens with one attached hydrogen (secondary N) is 2. The number of ether oxygens (including phenoxy) is 1. The number of hydrogen-bond donors (Lipinski definition) is 2. The Morgan fingerprint density at radius 1 is 1.14 bits per heavy atom. The van der Waals surface area contributed by atoms with Crippen LogP contribution in [0.5, 0.6) is 0 Å². The summed E-state index contributed by atoms with van der Waals surface area (Å²) in [6.45, 7) is 0.598. The summed E-state index contributed by atoms with van der Waals surface area (Å²) < 4.78 is 17.9. The first-order chi connectivity index (χ1) is 10.2. The van der Waals surface area contributed by atoms with Gasteiger partial charge in [-0.3, -0.25) is 4.79 Å². The van der Waals surface area contributed by atoms with Crippen molar-refractivity contribution in [2.75, 3.05) is 24.3 Å². The third-order valence-electron chi connectivity index (χ3n) is 2.88. The van der Waals surface area contributed by atoms with Gasteiger partial charge in [-0.25, -0.2) is 4.39 Å². The van der Waals surface area contributed by atoms with Crippen molar-refractivity contribution in [3.8, 4) is 0 Å². The Labute approximate surface area is 122 Å². The molecule has 0 saturated carbocycles. The molecule has 0 fully saturated rings. The van der Waals surface area contributed by atoms with Gasteiger partial charge >= 0.3 is 0 Å². The minimum Gasteiger partial charge on any atom is -0.380 e. The van der Waals surface area contributed by atoms with E-state index in [4.69, 9.17) is 4.74 Å². The first kappa shape index (κ1) is 15.0. The van der Waals surface area contributed by atoms with E-state index < -0.39 is 0 Å². The third kappa shape index (κ3) is 4.57. The van der Waals surface area contributed by atoms with E-state index in [0.717, 1.165) is 11.3 Å². The van der Waals surface area contributed by atoms with Crippen molar-refractivity contribution in [3.05, 3.63) is 59.9 Å². The van der Waals surface area contributed by atoms with Gasteiger partial charge in [0.05, 0.1) is 13.2 Å². The van der Waals surface area contributed by atoms with Crippen LogP contribution in [0, 0.1) is 5.82 Å². The molecular weight excluding hydrogens is 271 g/mol. The van der Waals surface area contributed by atoms with Gasteiger partial charge in [-0.2, -0.15) is 0 Å². The smallest absolute Gasteiger partial charge is 0.243 e. The molecule has 2 aromatic carbocycles. The molecule has 0 unspecified atom stereocenters. The summed E-state index contributed by atoms with van der Waals surface area (Å²) >= 11 is 0. The van der Waals surface area contributed by atoms with Crippen molar-refractivity contribution in [3.63, 3.8) is 0 Å². The molecule has 0 bridgehead atoms. The molecule has 0 aliphatic carbocycles. The van der Waals surface area contributed by atoms with Gasteiger partial charge in [-0.1, -0.05) is 18.2 Å². The molecule has 0 aliphatic rings. The predicted octanol–water partition coefficient (Wildman–Crippen LogP) is 3.02. The Morgan fingerprint density at radius 3 is 2.57 bits per heavy atom. The average molecular weight is 288 g/mol. The van der Waals surface area contributed by atoms with E-state index in [1.165, 1.54) is 24.3 Å². The van der Waals surface area contributed by atoms with Gasteiger partial charge in [0.15, 0.2) is 0 Å². The van der Waals surface area contributed by atoms with Crippen LogP contribution in [0.25, 0.3) is 0 Å². The van der Waals surface area contributed by atoms with Crippen molar-refractivity contribution >= 4 is 17.3 Å². The second-order valence-corrected chi connectivity index (χ2v) is 4.50. The topological polar surface area (TPSA) is 50.4 Å². The molecule has 2 rings (SSSR count). The minimum absolute atomic E-state index is 0.123. The van der Waals surface area contributed by atoms with Crippen molar-refractivity contribution in [2.45, 2.75) is 6.61 Å². The Kier molecular flexibility index (Phi) is 5.29. The fraction of sp³-hybridized carbons (Fsp3) is 0.188. The normalized spacial score (nSPS) is 10.2. The Morgan fingerprint density at radius 2 is 1.86 bits per heavy atom. The van der Waals surface area contributed by atoms with E-state index in [1.54, 1.807) is 7.11 Å². The minimum atomic E-state index is -0.334. The fourth-order valence-electron chi connectivity index (χ4n) is 1.89. The summed E-state index contributed by atoms with van der Waals surface area (Å²) in [7, 11) is 1.62. The SMILES string of the molecule is COCc1ccccc1NCC(=O)Nc1ccc(F)cc1. The highest BCUT2D eigenvalue weighted by Crippen LogP contribution is 2.15. The molecule has 0 radical (unpaired) electrons. The van der Waals surface area contributed by atoms with Crippen LogP contribution in [-0.4, -0.2) is 19.6 Å². The number of methoxy groups -OCH3 is 1. The molecule has 0 saturated heterocycles. The van der Waals surface area contributed by atoms with Crippen LogP contribution < -0.4 is 10.6 Å². The molecule has 1 amide bonds. The average Bonchev–Trinajstić information content (AvgIpc) is 2.49. The zero-order chi connectivity index (χ0) is 15.1. The highest BCUT2D eigenvalue weighted by atomic mass is 19.1. The van der Waals surface area contributed by atoms with E-state index in [0.29, 0.717) is 12.3 Å². The Bertz CT molecular complexity index is 599. The van der Waals surface area contributed by atoms with E-state index in [2.05, 4.69) is 10.6 Å². The molecule has 2 aromatic rings.